The third-order valence-corrected chi connectivity index (χ3v) is 3.68. The van der Waals surface area contributed by atoms with E-state index in [2.05, 4.69) is 43.4 Å². The van der Waals surface area contributed by atoms with Crippen LogP contribution in [-0.2, 0) is 0 Å². The quantitative estimate of drug-likeness (QED) is 0.887. The molecule has 0 atom stereocenters. The molecule has 0 fully saturated rings. The van der Waals surface area contributed by atoms with E-state index in [-0.39, 0.29) is 5.91 Å². The Morgan fingerprint density at radius 3 is 2.61 bits per heavy atom. The summed E-state index contributed by atoms with van der Waals surface area (Å²) in [5, 5.41) is 4.90. The first kappa shape index (κ1) is 12.8. The minimum absolute atomic E-state index is 0.0300. The van der Waals surface area contributed by atoms with E-state index in [4.69, 9.17) is 0 Å². The predicted molar refractivity (Wildman–Crippen MR) is 77.1 cm³/mol. The lowest BCUT2D eigenvalue weighted by Crippen LogP contribution is -2.23. The monoisotopic (exact) mass is 259 g/mol. The van der Waals surface area contributed by atoms with Crippen LogP contribution in [0.3, 0.4) is 0 Å². The van der Waals surface area contributed by atoms with Crippen LogP contribution in [-0.4, -0.2) is 12.5 Å². The van der Waals surface area contributed by atoms with Gasteiger partial charge in [-0.3, -0.25) is 4.79 Å². The summed E-state index contributed by atoms with van der Waals surface area (Å²) >= 11 is 1.50. The molecule has 2 aromatic rings. The molecule has 0 aliphatic rings. The summed E-state index contributed by atoms with van der Waals surface area (Å²) in [6.07, 6.45) is 0.955. The summed E-state index contributed by atoms with van der Waals surface area (Å²) in [5.74, 6) is 0.0300. The van der Waals surface area contributed by atoms with Gasteiger partial charge in [0.15, 0.2) is 0 Å². The second kappa shape index (κ2) is 5.83. The van der Waals surface area contributed by atoms with Gasteiger partial charge in [0.2, 0.25) is 0 Å². The highest BCUT2D eigenvalue weighted by molar-refractivity contribution is 7.12. The first-order valence-corrected chi connectivity index (χ1v) is 7.03. The smallest absolute Gasteiger partial charge is 0.261 e. The number of hydrogen-bond acceptors (Lipinski definition) is 2. The summed E-state index contributed by atoms with van der Waals surface area (Å²) in [6, 6.07) is 10.3. The van der Waals surface area contributed by atoms with Crippen molar-refractivity contribution < 1.29 is 4.79 Å². The van der Waals surface area contributed by atoms with Crippen molar-refractivity contribution in [3.63, 3.8) is 0 Å². The van der Waals surface area contributed by atoms with E-state index in [0.717, 1.165) is 29.0 Å². The third-order valence-electron chi connectivity index (χ3n) is 2.77. The van der Waals surface area contributed by atoms with Gasteiger partial charge in [0.05, 0.1) is 4.88 Å². The van der Waals surface area contributed by atoms with Gasteiger partial charge in [-0.1, -0.05) is 36.8 Å². The highest BCUT2D eigenvalue weighted by Gasteiger charge is 2.13. The molecule has 94 valence electrons. The Morgan fingerprint density at radius 1 is 1.22 bits per heavy atom. The van der Waals surface area contributed by atoms with E-state index < -0.39 is 0 Å². The zero-order valence-electron chi connectivity index (χ0n) is 10.7. The molecule has 2 nitrogen and oxygen atoms in total. The van der Waals surface area contributed by atoms with E-state index in [1.54, 1.807) is 0 Å². The molecule has 0 spiro atoms. The van der Waals surface area contributed by atoms with Gasteiger partial charge in [0.1, 0.15) is 0 Å². The van der Waals surface area contributed by atoms with Gasteiger partial charge < -0.3 is 5.32 Å². The Kier molecular flexibility index (Phi) is 4.15. The SMILES string of the molecule is CCCNC(=O)c1sccc1-c1ccc(C)cc1. The van der Waals surface area contributed by atoms with Crippen molar-refractivity contribution in [3.05, 3.63) is 46.2 Å². The lowest BCUT2D eigenvalue weighted by atomic mass is 10.0. The number of rotatable bonds is 4. The van der Waals surface area contributed by atoms with Crippen LogP contribution in [0.5, 0.6) is 0 Å². The maximum atomic E-state index is 12.0. The average molecular weight is 259 g/mol. The Hall–Kier alpha value is -1.61. The zero-order chi connectivity index (χ0) is 13.0. The molecule has 0 aliphatic heterocycles. The van der Waals surface area contributed by atoms with Gasteiger partial charge in [-0.25, -0.2) is 0 Å². The lowest BCUT2D eigenvalue weighted by Gasteiger charge is -2.05. The van der Waals surface area contributed by atoms with Crippen LogP contribution < -0.4 is 5.32 Å². The number of nitrogens with one attached hydrogen (secondary N) is 1. The van der Waals surface area contributed by atoms with E-state index in [9.17, 15) is 4.79 Å². The van der Waals surface area contributed by atoms with Crippen LogP contribution in [0.1, 0.15) is 28.6 Å². The Balaban J connectivity index is 2.27. The fourth-order valence-electron chi connectivity index (χ4n) is 1.76. The van der Waals surface area contributed by atoms with Gasteiger partial charge >= 0.3 is 0 Å². The van der Waals surface area contributed by atoms with Gasteiger partial charge in [-0.15, -0.1) is 11.3 Å². The minimum Gasteiger partial charge on any atom is -0.351 e. The number of amides is 1. The number of carbonyl (C=O) groups excluding carboxylic acids is 1. The number of carbonyl (C=O) groups is 1. The first-order valence-electron chi connectivity index (χ1n) is 6.15. The molecule has 0 aliphatic carbocycles. The lowest BCUT2D eigenvalue weighted by molar-refractivity contribution is 0.0958. The molecule has 1 heterocycles. The Labute approximate surface area is 112 Å². The van der Waals surface area contributed by atoms with E-state index in [1.165, 1.54) is 16.9 Å². The Bertz CT molecular complexity index is 528. The summed E-state index contributed by atoms with van der Waals surface area (Å²) in [4.78, 5) is 12.8. The van der Waals surface area contributed by atoms with Crippen molar-refractivity contribution in [1.29, 1.82) is 0 Å². The van der Waals surface area contributed by atoms with E-state index >= 15 is 0 Å². The predicted octanol–water partition coefficient (Wildman–Crippen LogP) is 3.86. The molecule has 0 radical (unpaired) electrons. The standard InChI is InChI=1S/C15H17NOS/c1-3-9-16-15(17)14-13(8-10-18-14)12-6-4-11(2)5-7-12/h4-8,10H,3,9H2,1-2H3,(H,16,17). The van der Waals surface area contributed by atoms with Crippen molar-refractivity contribution in [2.75, 3.05) is 6.54 Å². The van der Waals surface area contributed by atoms with Crippen LogP contribution in [0.25, 0.3) is 11.1 Å². The molecule has 1 N–H and O–H groups in total. The maximum Gasteiger partial charge on any atom is 0.261 e. The zero-order valence-corrected chi connectivity index (χ0v) is 11.5. The molecule has 1 aromatic carbocycles. The van der Waals surface area contributed by atoms with Crippen molar-refractivity contribution in [3.8, 4) is 11.1 Å². The van der Waals surface area contributed by atoms with E-state index in [1.807, 2.05) is 11.4 Å². The van der Waals surface area contributed by atoms with Crippen LogP contribution in [0.2, 0.25) is 0 Å². The molecule has 0 unspecified atom stereocenters. The maximum absolute atomic E-state index is 12.0. The number of benzene rings is 1. The van der Waals surface area contributed by atoms with Crippen LogP contribution in [0.15, 0.2) is 35.7 Å². The number of hydrogen-bond donors (Lipinski definition) is 1. The molecule has 0 saturated heterocycles. The normalized spacial score (nSPS) is 10.3. The summed E-state index contributed by atoms with van der Waals surface area (Å²) < 4.78 is 0. The van der Waals surface area contributed by atoms with Gasteiger partial charge in [0.25, 0.3) is 5.91 Å². The van der Waals surface area contributed by atoms with Crippen molar-refractivity contribution in [2.24, 2.45) is 0 Å². The molecule has 3 heteroatoms. The summed E-state index contributed by atoms with van der Waals surface area (Å²) in [5.41, 5.74) is 3.35. The topological polar surface area (TPSA) is 29.1 Å². The molecule has 1 amide bonds. The average Bonchev–Trinajstić information content (AvgIpc) is 2.86. The fourth-order valence-corrected chi connectivity index (χ4v) is 2.60. The fraction of sp³-hybridized carbons (Fsp3) is 0.267. The molecular formula is C15H17NOS. The molecule has 18 heavy (non-hydrogen) atoms. The first-order chi connectivity index (χ1) is 8.72. The van der Waals surface area contributed by atoms with Crippen LogP contribution in [0, 0.1) is 6.92 Å². The van der Waals surface area contributed by atoms with Gasteiger partial charge in [-0.05, 0) is 30.4 Å². The van der Waals surface area contributed by atoms with Gasteiger partial charge in [-0.2, -0.15) is 0 Å². The van der Waals surface area contributed by atoms with Crippen LogP contribution in [0.4, 0.5) is 0 Å². The van der Waals surface area contributed by atoms with E-state index in [0.29, 0.717) is 0 Å². The molecule has 1 aromatic heterocycles. The van der Waals surface area contributed by atoms with Gasteiger partial charge in [0, 0.05) is 12.1 Å². The summed E-state index contributed by atoms with van der Waals surface area (Å²) in [6.45, 7) is 4.84. The van der Waals surface area contributed by atoms with Crippen molar-refractivity contribution in [2.45, 2.75) is 20.3 Å². The number of thiophene rings is 1. The minimum atomic E-state index is 0.0300. The molecule has 2 rings (SSSR count). The summed E-state index contributed by atoms with van der Waals surface area (Å²) in [7, 11) is 0. The van der Waals surface area contributed by atoms with Crippen molar-refractivity contribution in [1.82, 2.24) is 5.32 Å². The third kappa shape index (κ3) is 2.79. The second-order valence-corrected chi connectivity index (χ2v) is 5.20. The highest BCUT2D eigenvalue weighted by atomic mass is 32.1. The number of aryl methyl sites for hydroxylation is 1. The van der Waals surface area contributed by atoms with Crippen LogP contribution >= 0.6 is 11.3 Å². The Morgan fingerprint density at radius 2 is 1.94 bits per heavy atom. The highest BCUT2D eigenvalue weighted by Crippen LogP contribution is 2.28. The molecule has 0 bridgehead atoms. The molecule has 0 saturated carbocycles. The van der Waals surface area contributed by atoms with Crippen molar-refractivity contribution >= 4 is 17.2 Å². The second-order valence-electron chi connectivity index (χ2n) is 4.29. The molecular weight excluding hydrogens is 242 g/mol. The largest absolute Gasteiger partial charge is 0.351 e.